The maximum Gasteiger partial charge on any atom is 0.137 e. The first-order valence-corrected chi connectivity index (χ1v) is 7.35. The summed E-state index contributed by atoms with van der Waals surface area (Å²) in [7, 11) is 0. The smallest absolute Gasteiger partial charge is 0.137 e. The molecule has 0 saturated carbocycles. The van der Waals surface area contributed by atoms with Crippen LogP contribution in [0.5, 0.6) is 0 Å². The van der Waals surface area contributed by atoms with Gasteiger partial charge in [0.25, 0.3) is 0 Å². The Labute approximate surface area is 119 Å². The normalized spacial score (nSPS) is 20.1. The third-order valence-corrected chi connectivity index (χ3v) is 3.93. The monoisotopic (exact) mass is 271 g/mol. The minimum atomic E-state index is 0.689. The molecule has 1 fully saturated rings. The Morgan fingerprint density at radius 3 is 3.10 bits per heavy atom. The van der Waals surface area contributed by atoms with E-state index in [-0.39, 0.29) is 0 Å². The van der Waals surface area contributed by atoms with E-state index < -0.39 is 0 Å². The molecule has 106 valence electrons. The van der Waals surface area contributed by atoms with Gasteiger partial charge in [0.15, 0.2) is 0 Å². The summed E-state index contributed by atoms with van der Waals surface area (Å²) in [5.41, 5.74) is 1.19. The number of hydrogen-bond acceptors (Lipinski definition) is 4. The van der Waals surface area contributed by atoms with Crippen LogP contribution >= 0.6 is 0 Å². The van der Waals surface area contributed by atoms with E-state index in [9.17, 15) is 0 Å². The van der Waals surface area contributed by atoms with Gasteiger partial charge in [-0.1, -0.05) is 6.07 Å². The summed E-state index contributed by atoms with van der Waals surface area (Å²) in [6, 6.07) is 6.14. The lowest BCUT2D eigenvalue weighted by Gasteiger charge is -2.32. The van der Waals surface area contributed by atoms with Crippen LogP contribution in [-0.4, -0.2) is 44.3 Å². The maximum absolute atomic E-state index is 4.39. The zero-order chi connectivity index (χ0) is 13.6. The zero-order valence-electron chi connectivity index (χ0n) is 11.7. The van der Waals surface area contributed by atoms with Crippen LogP contribution in [0.25, 0.3) is 0 Å². The fourth-order valence-corrected chi connectivity index (χ4v) is 2.91. The zero-order valence-corrected chi connectivity index (χ0v) is 11.7. The molecule has 0 unspecified atom stereocenters. The van der Waals surface area contributed by atoms with Crippen LogP contribution < -0.4 is 0 Å². The summed E-state index contributed by atoms with van der Waals surface area (Å²) in [5.74, 6) is 0.689. The van der Waals surface area contributed by atoms with E-state index in [1.165, 1.54) is 25.1 Å². The van der Waals surface area contributed by atoms with Crippen LogP contribution in [0.4, 0.5) is 0 Å². The first-order chi connectivity index (χ1) is 9.90. The number of nitrogens with zero attached hydrogens (tertiary/aromatic N) is 5. The van der Waals surface area contributed by atoms with Crippen molar-refractivity contribution in [3.8, 4) is 0 Å². The fourth-order valence-electron chi connectivity index (χ4n) is 2.91. The van der Waals surface area contributed by atoms with Crippen molar-refractivity contribution in [2.24, 2.45) is 5.92 Å². The average Bonchev–Trinajstić information content (AvgIpc) is 3.00. The van der Waals surface area contributed by atoms with Gasteiger partial charge in [-0.25, -0.2) is 4.98 Å². The maximum atomic E-state index is 4.39. The van der Waals surface area contributed by atoms with Crippen molar-refractivity contribution in [1.82, 2.24) is 24.6 Å². The molecule has 0 aromatic carbocycles. The first-order valence-electron chi connectivity index (χ1n) is 7.35. The number of hydrogen-bond donors (Lipinski definition) is 0. The van der Waals surface area contributed by atoms with E-state index in [1.807, 2.05) is 23.3 Å². The molecule has 3 heterocycles. The van der Waals surface area contributed by atoms with Gasteiger partial charge in [-0.15, -0.1) is 0 Å². The molecule has 0 N–H and O–H groups in total. The molecule has 3 rings (SSSR count). The van der Waals surface area contributed by atoms with Crippen molar-refractivity contribution in [2.45, 2.75) is 25.8 Å². The van der Waals surface area contributed by atoms with E-state index in [1.54, 1.807) is 6.33 Å². The molecule has 20 heavy (non-hydrogen) atoms. The molecule has 1 saturated heterocycles. The Kier molecular flexibility index (Phi) is 4.38. The Morgan fingerprint density at radius 2 is 2.30 bits per heavy atom. The van der Waals surface area contributed by atoms with Crippen molar-refractivity contribution in [3.05, 3.63) is 42.7 Å². The standard InChI is InChI=1S/C15H21N5/c1-2-7-17-15(5-1)6-9-19-8-3-4-14(10-19)11-20-13-16-12-18-20/h1-2,5,7,12-14H,3-4,6,8-11H2/t14-/m0/s1. The van der Waals surface area contributed by atoms with Crippen LogP contribution in [0.1, 0.15) is 18.5 Å². The van der Waals surface area contributed by atoms with Gasteiger partial charge < -0.3 is 4.90 Å². The Bertz CT molecular complexity index is 496. The van der Waals surface area contributed by atoms with Crippen LogP contribution in [0.2, 0.25) is 0 Å². The van der Waals surface area contributed by atoms with E-state index in [0.717, 1.165) is 26.1 Å². The lowest BCUT2D eigenvalue weighted by molar-refractivity contribution is 0.161. The molecular formula is C15H21N5. The lowest BCUT2D eigenvalue weighted by Crippen LogP contribution is -2.38. The SMILES string of the molecule is c1ccc(CCN2CCC[C@H](Cn3cncn3)C2)nc1. The topological polar surface area (TPSA) is 46.8 Å². The minimum absolute atomic E-state index is 0.689. The number of rotatable bonds is 5. The second-order valence-corrected chi connectivity index (χ2v) is 5.50. The summed E-state index contributed by atoms with van der Waals surface area (Å²) < 4.78 is 1.95. The van der Waals surface area contributed by atoms with Gasteiger partial charge in [-0.3, -0.25) is 9.67 Å². The summed E-state index contributed by atoms with van der Waals surface area (Å²) in [6.07, 6.45) is 8.91. The largest absolute Gasteiger partial charge is 0.303 e. The minimum Gasteiger partial charge on any atom is -0.303 e. The van der Waals surface area contributed by atoms with Gasteiger partial charge >= 0.3 is 0 Å². The Morgan fingerprint density at radius 1 is 1.30 bits per heavy atom. The van der Waals surface area contributed by atoms with E-state index in [2.05, 4.69) is 32.1 Å². The molecule has 5 nitrogen and oxygen atoms in total. The van der Waals surface area contributed by atoms with Crippen molar-refractivity contribution >= 4 is 0 Å². The fraction of sp³-hybridized carbons (Fsp3) is 0.533. The van der Waals surface area contributed by atoms with Crippen LogP contribution in [0.15, 0.2) is 37.1 Å². The third kappa shape index (κ3) is 3.63. The molecule has 5 heteroatoms. The molecular weight excluding hydrogens is 250 g/mol. The van der Waals surface area contributed by atoms with Crippen molar-refractivity contribution < 1.29 is 0 Å². The predicted octanol–water partition coefficient (Wildman–Crippen LogP) is 1.63. The molecule has 1 atom stereocenters. The highest BCUT2D eigenvalue weighted by Gasteiger charge is 2.20. The number of aromatic nitrogens is 4. The molecule has 1 aliphatic rings. The Hall–Kier alpha value is -1.75. The highest BCUT2D eigenvalue weighted by molar-refractivity contribution is 5.03. The molecule has 0 radical (unpaired) electrons. The van der Waals surface area contributed by atoms with Gasteiger partial charge in [0.1, 0.15) is 12.7 Å². The van der Waals surface area contributed by atoms with E-state index in [0.29, 0.717) is 5.92 Å². The van der Waals surface area contributed by atoms with Gasteiger partial charge in [-0.2, -0.15) is 5.10 Å². The highest BCUT2D eigenvalue weighted by atomic mass is 15.3. The van der Waals surface area contributed by atoms with Gasteiger partial charge in [0.05, 0.1) is 0 Å². The number of pyridine rings is 1. The van der Waals surface area contributed by atoms with Crippen LogP contribution in [0, 0.1) is 5.92 Å². The summed E-state index contributed by atoms with van der Waals surface area (Å²) in [4.78, 5) is 11.0. The summed E-state index contributed by atoms with van der Waals surface area (Å²) in [5, 5.41) is 4.21. The number of likely N-dealkylation sites (tertiary alicyclic amines) is 1. The second kappa shape index (κ2) is 6.61. The average molecular weight is 271 g/mol. The second-order valence-electron chi connectivity index (χ2n) is 5.50. The van der Waals surface area contributed by atoms with Crippen LogP contribution in [0.3, 0.4) is 0 Å². The van der Waals surface area contributed by atoms with E-state index in [4.69, 9.17) is 0 Å². The molecule has 0 spiro atoms. The molecule has 0 bridgehead atoms. The van der Waals surface area contributed by atoms with Crippen molar-refractivity contribution in [2.75, 3.05) is 19.6 Å². The molecule has 2 aromatic rings. The van der Waals surface area contributed by atoms with Crippen molar-refractivity contribution in [1.29, 1.82) is 0 Å². The van der Waals surface area contributed by atoms with Crippen molar-refractivity contribution in [3.63, 3.8) is 0 Å². The predicted molar refractivity (Wildman–Crippen MR) is 77.1 cm³/mol. The number of piperidine rings is 1. The van der Waals surface area contributed by atoms with Gasteiger partial charge in [0.2, 0.25) is 0 Å². The highest BCUT2D eigenvalue weighted by Crippen LogP contribution is 2.18. The summed E-state index contributed by atoms with van der Waals surface area (Å²) in [6.45, 7) is 4.46. The quantitative estimate of drug-likeness (QED) is 0.829. The molecule has 1 aliphatic heterocycles. The van der Waals surface area contributed by atoms with Gasteiger partial charge in [-0.05, 0) is 37.4 Å². The third-order valence-electron chi connectivity index (χ3n) is 3.93. The Balaban J connectivity index is 1.48. The lowest BCUT2D eigenvalue weighted by atomic mass is 9.98. The molecule has 0 amide bonds. The molecule has 2 aromatic heterocycles. The summed E-state index contributed by atoms with van der Waals surface area (Å²) >= 11 is 0. The molecule has 0 aliphatic carbocycles. The first kappa shape index (κ1) is 13.2. The van der Waals surface area contributed by atoms with Crippen LogP contribution in [-0.2, 0) is 13.0 Å². The van der Waals surface area contributed by atoms with E-state index >= 15 is 0 Å². The van der Waals surface area contributed by atoms with Gasteiger partial charge in [0, 0.05) is 37.9 Å².